The van der Waals surface area contributed by atoms with Gasteiger partial charge in [0.15, 0.2) is 0 Å². The average Bonchev–Trinajstić information content (AvgIpc) is 2.44. The third-order valence-corrected chi connectivity index (χ3v) is 2.53. The molecule has 0 fully saturated rings. The minimum Gasteiger partial charge on any atom is -0.492 e. The van der Waals surface area contributed by atoms with E-state index >= 15 is 0 Å². The lowest BCUT2D eigenvalue weighted by molar-refractivity contribution is 0.291. The summed E-state index contributed by atoms with van der Waals surface area (Å²) in [6, 6.07) is 5.79. The van der Waals surface area contributed by atoms with Crippen LogP contribution in [0.2, 0.25) is 0 Å². The van der Waals surface area contributed by atoms with E-state index in [9.17, 15) is 0 Å². The highest BCUT2D eigenvalue weighted by molar-refractivity contribution is 5.80. The van der Waals surface area contributed by atoms with Crippen LogP contribution in [0, 0.1) is 0 Å². The predicted octanol–water partition coefficient (Wildman–Crippen LogP) is 2.16. The first-order chi connectivity index (χ1) is 6.63. The van der Waals surface area contributed by atoms with Gasteiger partial charge in [0.2, 0.25) is 0 Å². The molecule has 1 aliphatic rings. The Hall–Kier alpha value is -1.51. The first-order valence-corrected chi connectivity index (χ1v) is 4.58. The molecule has 0 saturated carbocycles. The van der Waals surface area contributed by atoms with E-state index < -0.39 is 0 Å². The molecule has 3 nitrogen and oxygen atoms in total. The van der Waals surface area contributed by atoms with E-state index in [1.807, 2.05) is 18.2 Å². The minimum absolute atomic E-state index is 0.0502. The topological polar surface area (TPSA) is 41.8 Å². The summed E-state index contributed by atoms with van der Waals surface area (Å²) >= 11 is 0. The molecule has 0 atom stereocenters. The molecule has 1 heterocycles. The number of nitrogens with zero attached hydrogens (tertiary/aromatic N) is 1. The molecule has 0 bridgehead atoms. The lowest BCUT2D eigenvalue weighted by Crippen LogP contribution is -2.18. The Bertz CT molecular complexity index is 383. The van der Waals surface area contributed by atoms with E-state index in [-0.39, 0.29) is 5.41 Å². The lowest BCUT2D eigenvalue weighted by atomic mass is 9.86. The van der Waals surface area contributed by atoms with Gasteiger partial charge in [-0.2, -0.15) is 0 Å². The third-order valence-electron chi connectivity index (χ3n) is 2.53. The van der Waals surface area contributed by atoms with Gasteiger partial charge in [0.1, 0.15) is 5.75 Å². The van der Waals surface area contributed by atoms with Crippen LogP contribution < -0.4 is 4.74 Å². The van der Waals surface area contributed by atoms with Crippen LogP contribution in [-0.4, -0.2) is 18.0 Å². The first-order valence-electron chi connectivity index (χ1n) is 4.58. The van der Waals surface area contributed by atoms with Crippen molar-refractivity contribution >= 4 is 6.21 Å². The van der Waals surface area contributed by atoms with Gasteiger partial charge in [-0.3, -0.25) is 0 Å². The van der Waals surface area contributed by atoms with Gasteiger partial charge in [-0.25, -0.2) is 0 Å². The Morgan fingerprint density at radius 1 is 1.50 bits per heavy atom. The molecule has 0 saturated heterocycles. The summed E-state index contributed by atoms with van der Waals surface area (Å²) in [5.41, 5.74) is 2.12. The number of fused-ring (bicyclic) bond motifs is 1. The smallest absolute Gasteiger partial charge is 0.123 e. The number of benzene rings is 1. The average molecular weight is 191 g/mol. The largest absolute Gasteiger partial charge is 0.492 e. The highest BCUT2D eigenvalue weighted by atomic mass is 16.5. The van der Waals surface area contributed by atoms with Crippen molar-refractivity contribution in [2.45, 2.75) is 19.3 Å². The molecule has 14 heavy (non-hydrogen) atoms. The van der Waals surface area contributed by atoms with Crippen LogP contribution in [0.5, 0.6) is 5.75 Å². The van der Waals surface area contributed by atoms with Crippen LogP contribution in [0.15, 0.2) is 23.4 Å². The molecule has 0 unspecified atom stereocenters. The molecule has 0 amide bonds. The van der Waals surface area contributed by atoms with E-state index in [0.29, 0.717) is 6.61 Å². The van der Waals surface area contributed by atoms with Crippen molar-refractivity contribution in [3.8, 4) is 5.75 Å². The molecule has 0 spiro atoms. The minimum atomic E-state index is 0.0502. The van der Waals surface area contributed by atoms with E-state index in [1.165, 1.54) is 11.8 Å². The molecule has 1 aliphatic heterocycles. The second kappa shape index (κ2) is 3.01. The maximum atomic E-state index is 8.44. The van der Waals surface area contributed by atoms with E-state index in [4.69, 9.17) is 9.94 Å². The molecule has 74 valence electrons. The first kappa shape index (κ1) is 9.06. The Kier molecular flexibility index (Phi) is 1.95. The molecule has 0 aliphatic carbocycles. The third kappa shape index (κ3) is 1.35. The highest BCUT2D eigenvalue weighted by Gasteiger charge is 2.31. The molecular weight excluding hydrogens is 178 g/mol. The van der Waals surface area contributed by atoms with Crippen molar-refractivity contribution in [3.63, 3.8) is 0 Å². The standard InChI is InChI=1S/C11H13NO2/c1-11(2)7-14-10-4-3-8(6-12-13)5-9(10)11/h3-6,13H,7H2,1-2H3/b12-6-. The van der Waals surface area contributed by atoms with Crippen LogP contribution >= 0.6 is 0 Å². The number of hydrogen-bond donors (Lipinski definition) is 1. The van der Waals surface area contributed by atoms with Crippen LogP contribution in [-0.2, 0) is 5.41 Å². The van der Waals surface area contributed by atoms with E-state index in [0.717, 1.165) is 11.3 Å². The fraction of sp³-hybridized carbons (Fsp3) is 0.364. The Balaban J connectivity index is 2.48. The molecule has 0 aromatic heterocycles. The van der Waals surface area contributed by atoms with Gasteiger partial charge in [0, 0.05) is 11.0 Å². The monoisotopic (exact) mass is 191 g/mol. The van der Waals surface area contributed by atoms with Crippen LogP contribution in [0.4, 0.5) is 0 Å². The molecule has 1 aromatic carbocycles. The summed E-state index contributed by atoms with van der Waals surface area (Å²) in [5.74, 6) is 0.935. The van der Waals surface area contributed by atoms with E-state index in [2.05, 4.69) is 19.0 Å². The summed E-state index contributed by atoms with van der Waals surface area (Å²) in [7, 11) is 0. The predicted molar refractivity (Wildman–Crippen MR) is 54.3 cm³/mol. The van der Waals surface area contributed by atoms with Crippen molar-refractivity contribution < 1.29 is 9.94 Å². The zero-order chi connectivity index (χ0) is 10.2. The molecule has 1 N–H and O–H groups in total. The number of rotatable bonds is 1. The Morgan fingerprint density at radius 2 is 2.29 bits per heavy atom. The zero-order valence-electron chi connectivity index (χ0n) is 8.32. The van der Waals surface area contributed by atoms with E-state index in [1.54, 1.807) is 0 Å². The van der Waals surface area contributed by atoms with Gasteiger partial charge in [-0.15, -0.1) is 0 Å². The summed E-state index contributed by atoms with van der Waals surface area (Å²) < 4.78 is 5.54. The molecule has 0 radical (unpaired) electrons. The zero-order valence-corrected chi connectivity index (χ0v) is 8.32. The molecule has 1 aromatic rings. The molecular formula is C11H13NO2. The Labute approximate surface area is 83.0 Å². The normalized spacial score (nSPS) is 18.1. The fourth-order valence-corrected chi connectivity index (χ4v) is 1.69. The van der Waals surface area contributed by atoms with Gasteiger partial charge in [0.05, 0.1) is 12.8 Å². The Morgan fingerprint density at radius 3 is 3.00 bits per heavy atom. The fourth-order valence-electron chi connectivity index (χ4n) is 1.69. The van der Waals surface area contributed by atoms with Crippen molar-refractivity contribution in [2.75, 3.05) is 6.61 Å². The van der Waals surface area contributed by atoms with Crippen molar-refractivity contribution in [3.05, 3.63) is 29.3 Å². The summed E-state index contributed by atoms with van der Waals surface area (Å²) in [6.45, 7) is 4.99. The van der Waals surface area contributed by atoms with Crippen molar-refractivity contribution in [1.82, 2.24) is 0 Å². The molecule has 2 rings (SSSR count). The van der Waals surface area contributed by atoms with Crippen LogP contribution in [0.25, 0.3) is 0 Å². The number of hydrogen-bond acceptors (Lipinski definition) is 3. The maximum Gasteiger partial charge on any atom is 0.123 e. The van der Waals surface area contributed by atoms with Gasteiger partial charge >= 0.3 is 0 Å². The van der Waals surface area contributed by atoms with Crippen LogP contribution in [0.1, 0.15) is 25.0 Å². The molecule has 3 heteroatoms. The van der Waals surface area contributed by atoms with Crippen molar-refractivity contribution in [1.29, 1.82) is 0 Å². The SMILES string of the molecule is CC1(C)COc2ccc(/C=N\O)cc21. The van der Waals surface area contributed by atoms with Gasteiger partial charge < -0.3 is 9.94 Å². The number of ether oxygens (including phenoxy) is 1. The second-order valence-corrected chi connectivity index (χ2v) is 4.17. The van der Waals surface area contributed by atoms with Gasteiger partial charge in [-0.1, -0.05) is 19.0 Å². The van der Waals surface area contributed by atoms with Gasteiger partial charge in [0.25, 0.3) is 0 Å². The lowest BCUT2D eigenvalue weighted by Gasteiger charge is -2.15. The summed E-state index contributed by atoms with van der Waals surface area (Å²) in [5, 5.41) is 11.4. The number of oxime groups is 1. The van der Waals surface area contributed by atoms with Crippen LogP contribution in [0.3, 0.4) is 0 Å². The summed E-state index contributed by atoms with van der Waals surface area (Å²) in [6.07, 6.45) is 1.43. The quantitative estimate of drug-likeness (QED) is 0.420. The second-order valence-electron chi connectivity index (χ2n) is 4.17. The highest BCUT2D eigenvalue weighted by Crippen LogP contribution is 2.38. The van der Waals surface area contributed by atoms with Gasteiger partial charge in [-0.05, 0) is 23.8 Å². The maximum absolute atomic E-state index is 8.44. The summed E-state index contributed by atoms with van der Waals surface area (Å²) in [4.78, 5) is 0. The van der Waals surface area contributed by atoms with Crippen molar-refractivity contribution in [2.24, 2.45) is 5.16 Å².